The molecule has 0 heterocycles. The van der Waals surface area contributed by atoms with Crippen LogP contribution in [0, 0.1) is 11.3 Å². The van der Waals surface area contributed by atoms with Gasteiger partial charge in [-0.25, -0.2) is 26.4 Å². The van der Waals surface area contributed by atoms with Crippen LogP contribution < -0.4 is 15.4 Å². The van der Waals surface area contributed by atoms with E-state index < -0.39 is 79.3 Å². The van der Waals surface area contributed by atoms with Crippen LogP contribution >= 0.6 is 0 Å². The molecule has 1 aromatic rings. The monoisotopic (exact) mass is 619 g/mol. The van der Waals surface area contributed by atoms with Gasteiger partial charge in [-0.1, -0.05) is 25.0 Å². The molecule has 0 saturated heterocycles. The molecule has 1 fully saturated rings. The number of nitrogens with one attached hydrogen (secondary N) is 3. The van der Waals surface area contributed by atoms with Crippen molar-refractivity contribution in [2.45, 2.75) is 57.0 Å². The summed E-state index contributed by atoms with van der Waals surface area (Å²) in [5, 5.41) is 33.9. The maximum atomic E-state index is 13.4. The van der Waals surface area contributed by atoms with Crippen molar-refractivity contribution in [1.29, 1.82) is 0 Å². The van der Waals surface area contributed by atoms with Crippen molar-refractivity contribution in [3.63, 3.8) is 0 Å². The summed E-state index contributed by atoms with van der Waals surface area (Å²) in [6.45, 7) is -0.472. The maximum Gasteiger partial charge on any atom is 0.326 e. The molecule has 14 nitrogen and oxygen atoms in total. The summed E-state index contributed by atoms with van der Waals surface area (Å²) in [6.07, 6.45) is 2.87. The lowest BCUT2D eigenvalue weighted by atomic mass is 9.76. The minimum absolute atomic E-state index is 0.00445. The number of phenolic OH excluding ortho intramolecular Hbond substituents is 1. The number of carbonyl (C=O) groups is 4. The summed E-state index contributed by atoms with van der Waals surface area (Å²) in [4.78, 5) is 50.2. The van der Waals surface area contributed by atoms with Crippen molar-refractivity contribution in [2.24, 2.45) is 11.3 Å². The van der Waals surface area contributed by atoms with Crippen molar-refractivity contribution in [3.05, 3.63) is 29.8 Å². The van der Waals surface area contributed by atoms with Gasteiger partial charge in [0.2, 0.25) is 21.8 Å². The van der Waals surface area contributed by atoms with Gasteiger partial charge >= 0.3 is 11.9 Å². The number of rotatable bonds is 16. The van der Waals surface area contributed by atoms with Gasteiger partial charge in [0.1, 0.15) is 27.7 Å². The Morgan fingerprint density at radius 3 is 2.00 bits per heavy atom. The van der Waals surface area contributed by atoms with Crippen molar-refractivity contribution in [1.82, 2.24) is 15.4 Å². The number of sulfonamides is 1. The van der Waals surface area contributed by atoms with Gasteiger partial charge in [-0.3, -0.25) is 14.4 Å². The Morgan fingerprint density at radius 1 is 0.927 bits per heavy atom. The van der Waals surface area contributed by atoms with E-state index >= 15 is 0 Å². The SMILES string of the molecule is CS(=O)(=O)CC[C@H](NS(C)(=O)=O)C(=O)NC[C@H](CC1(C(=O)N[C@@H](Cc2ccc(O)cc2)C(=O)O)CCCC1)C(=O)O. The fourth-order valence-corrected chi connectivity index (χ4v) is 6.26. The molecule has 0 aliphatic heterocycles. The van der Waals surface area contributed by atoms with Crippen LogP contribution in [0.3, 0.4) is 0 Å². The standard InChI is InChI=1S/C25H37N3O11S2/c1-40(36,37)12-9-19(28-41(2,38)39)21(30)26-15-17(22(31)32)14-25(10-3-4-11-25)24(35)27-20(23(33)34)13-16-5-7-18(29)8-6-16/h5-8,17,19-20,28-29H,3-4,9-15H2,1-2H3,(H,26,30)(H,27,35)(H,31,32)(H,33,34)/t17-,19-,20-/m0/s1. The van der Waals surface area contributed by atoms with Gasteiger partial charge in [-0.2, -0.15) is 0 Å². The van der Waals surface area contributed by atoms with E-state index in [2.05, 4.69) is 15.4 Å². The third-order valence-corrected chi connectivity index (χ3v) is 8.67. The first kappa shape index (κ1) is 34.0. The molecule has 1 aromatic carbocycles. The lowest BCUT2D eigenvalue weighted by molar-refractivity contribution is -0.147. The van der Waals surface area contributed by atoms with Gasteiger partial charge in [-0.05, 0) is 43.4 Å². The van der Waals surface area contributed by atoms with Crippen LogP contribution in [0.25, 0.3) is 0 Å². The van der Waals surface area contributed by atoms with E-state index in [0.717, 1.165) is 12.5 Å². The molecule has 1 aliphatic carbocycles. The molecular weight excluding hydrogens is 582 g/mol. The Morgan fingerprint density at radius 2 is 1.51 bits per heavy atom. The normalized spacial score (nSPS) is 17.2. The third-order valence-electron chi connectivity index (χ3n) is 6.98. The quantitative estimate of drug-likeness (QED) is 0.140. The lowest BCUT2D eigenvalue weighted by Gasteiger charge is -2.32. The number of sulfone groups is 1. The number of carboxylic acid groups (broad SMARTS) is 2. The second kappa shape index (κ2) is 14.1. The van der Waals surface area contributed by atoms with Gasteiger partial charge in [0, 0.05) is 19.2 Å². The summed E-state index contributed by atoms with van der Waals surface area (Å²) < 4.78 is 48.5. The van der Waals surface area contributed by atoms with Crippen LogP contribution in [0.4, 0.5) is 0 Å². The molecule has 2 rings (SSSR count). The number of aliphatic carboxylic acids is 2. The van der Waals surface area contributed by atoms with E-state index in [1.807, 2.05) is 0 Å². The summed E-state index contributed by atoms with van der Waals surface area (Å²) >= 11 is 0. The van der Waals surface area contributed by atoms with Crippen LogP contribution in [-0.2, 0) is 45.5 Å². The van der Waals surface area contributed by atoms with E-state index in [0.29, 0.717) is 31.2 Å². The molecule has 1 aliphatic rings. The second-order valence-electron chi connectivity index (χ2n) is 10.6. The Balaban J connectivity index is 2.16. The lowest BCUT2D eigenvalue weighted by Crippen LogP contribution is -2.51. The zero-order valence-electron chi connectivity index (χ0n) is 22.8. The van der Waals surface area contributed by atoms with Crippen molar-refractivity contribution >= 4 is 43.6 Å². The van der Waals surface area contributed by atoms with Crippen LogP contribution in [0.15, 0.2) is 24.3 Å². The van der Waals surface area contributed by atoms with E-state index in [-0.39, 0.29) is 25.0 Å². The zero-order chi connectivity index (χ0) is 31.0. The number of amides is 2. The number of aromatic hydroxyl groups is 1. The first-order valence-electron chi connectivity index (χ1n) is 12.9. The van der Waals surface area contributed by atoms with Crippen molar-refractivity contribution in [3.8, 4) is 5.75 Å². The molecule has 0 spiro atoms. The Hall–Kier alpha value is -3.24. The van der Waals surface area contributed by atoms with Crippen LogP contribution in [-0.4, -0.2) is 92.8 Å². The minimum atomic E-state index is -3.91. The van der Waals surface area contributed by atoms with Gasteiger partial charge in [0.25, 0.3) is 0 Å². The highest BCUT2D eigenvalue weighted by Crippen LogP contribution is 2.43. The molecule has 0 unspecified atom stereocenters. The summed E-state index contributed by atoms with van der Waals surface area (Å²) in [6, 6.07) is 3.04. The van der Waals surface area contributed by atoms with Crippen LogP contribution in [0.5, 0.6) is 5.75 Å². The molecule has 0 radical (unpaired) electrons. The third kappa shape index (κ3) is 11.3. The predicted molar refractivity (Wildman–Crippen MR) is 147 cm³/mol. The molecule has 230 valence electrons. The fourth-order valence-electron chi connectivity index (χ4n) is 4.85. The zero-order valence-corrected chi connectivity index (χ0v) is 24.5. The first-order valence-corrected chi connectivity index (χ1v) is 16.8. The number of hydrogen-bond acceptors (Lipinski definition) is 9. The molecule has 41 heavy (non-hydrogen) atoms. The number of benzene rings is 1. The Labute approximate surface area is 238 Å². The van der Waals surface area contributed by atoms with E-state index in [4.69, 9.17) is 0 Å². The van der Waals surface area contributed by atoms with Crippen molar-refractivity contribution in [2.75, 3.05) is 24.8 Å². The Kier molecular flexibility index (Phi) is 11.7. The average molecular weight is 620 g/mol. The fraction of sp³-hybridized carbons (Fsp3) is 0.600. The number of carboxylic acids is 2. The highest BCUT2D eigenvalue weighted by Gasteiger charge is 2.45. The highest BCUT2D eigenvalue weighted by atomic mass is 32.2. The predicted octanol–water partition coefficient (Wildman–Crippen LogP) is -0.376. The summed E-state index contributed by atoms with van der Waals surface area (Å²) in [5.74, 6) is -5.94. The van der Waals surface area contributed by atoms with E-state index in [1.165, 1.54) is 24.3 Å². The average Bonchev–Trinajstić information content (AvgIpc) is 3.33. The summed E-state index contributed by atoms with van der Waals surface area (Å²) in [5.41, 5.74) is -0.660. The number of hydrogen-bond donors (Lipinski definition) is 6. The molecule has 1 saturated carbocycles. The topological polar surface area (TPSA) is 233 Å². The van der Waals surface area contributed by atoms with Crippen LogP contribution in [0.1, 0.15) is 44.1 Å². The molecule has 0 bridgehead atoms. The Bertz CT molecular complexity index is 1320. The second-order valence-corrected chi connectivity index (χ2v) is 14.6. The van der Waals surface area contributed by atoms with E-state index in [9.17, 15) is 51.3 Å². The number of carbonyl (C=O) groups excluding carboxylic acids is 2. The molecule has 2 amide bonds. The number of phenols is 1. The minimum Gasteiger partial charge on any atom is -0.508 e. The van der Waals surface area contributed by atoms with Crippen molar-refractivity contribution < 1.29 is 51.3 Å². The van der Waals surface area contributed by atoms with Crippen LogP contribution in [0.2, 0.25) is 0 Å². The molecule has 0 aromatic heterocycles. The smallest absolute Gasteiger partial charge is 0.326 e. The van der Waals surface area contributed by atoms with Gasteiger partial charge < -0.3 is 26.0 Å². The van der Waals surface area contributed by atoms with E-state index in [1.54, 1.807) is 0 Å². The highest BCUT2D eigenvalue weighted by molar-refractivity contribution is 7.90. The molecular formula is C25H37N3O11S2. The first-order chi connectivity index (χ1) is 18.9. The maximum absolute atomic E-state index is 13.4. The molecule has 3 atom stereocenters. The molecule has 16 heteroatoms. The largest absolute Gasteiger partial charge is 0.508 e. The summed E-state index contributed by atoms with van der Waals surface area (Å²) in [7, 11) is -7.44. The van der Waals surface area contributed by atoms with Gasteiger partial charge in [0.05, 0.1) is 23.3 Å². The van der Waals surface area contributed by atoms with Gasteiger partial charge in [0.15, 0.2) is 0 Å². The van der Waals surface area contributed by atoms with Gasteiger partial charge in [-0.15, -0.1) is 0 Å². The molecule has 6 N–H and O–H groups in total.